The number of fused-ring (bicyclic) bond motifs is 1. The van der Waals surface area contributed by atoms with Crippen LogP contribution in [0.4, 0.5) is 0 Å². The van der Waals surface area contributed by atoms with Gasteiger partial charge >= 0.3 is 5.97 Å². The molecule has 0 spiro atoms. The minimum atomic E-state index is -0.452. The molecule has 0 saturated heterocycles. The van der Waals surface area contributed by atoms with Crippen molar-refractivity contribution < 1.29 is 14.6 Å². The highest BCUT2D eigenvalue weighted by Crippen LogP contribution is 2.26. The smallest absolute Gasteiger partial charge is 0.338 e. The van der Waals surface area contributed by atoms with Gasteiger partial charge in [-0.3, -0.25) is 0 Å². The normalized spacial score (nSPS) is 10.6. The minimum absolute atomic E-state index is 0.152. The topological polar surface area (TPSA) is 72.3 Å². The summed E-state index contributed by atoms with van der Waals surface area (Å²) >= 11 is 2.06. The number of aromatic hydroxyl groups is 1. The van der Waals surface area contributed by atoms with E-state index in [4.69, 9.17) is 4.74 Å². The van der Waals surface area contributed by atoms with Crippen LogP contribution in [0.2, 0.25) is 0 Å². The van der Waals surface area contributed by atoms with Crippen LogP contribution >= 0.6 is 22.6 Å². The number of hydrogen-bond acceptors (Lipinski definition) is 5. The number of carbonyl (C=O) groups excluding carboxylic acids is 1. The molecular weight excluding hydrogens is 395 g/mol. The van der Waals surface area contributed by atoms with Crippen LogP contribution in [0.25, 0.3) is 10.9 Å². The summed E-state index contributed by atoms with van der Waals surface area (Å²) in [5.41, 5.74) is 1.88. The van der Waals surface area contributed by atoms with Gasteiger partial charge in [0.1, 0.15) is 12.9 Å². The van der Waals surface area contributed by atoms with Gasteiger partial charge in [0, 0.05) is 3.57 Å². The summed E-state index contributed by atoms with van der Waals surface area (Å²) in [6, 6.07) is 12.7. The number of rotatable bonds is 3. The van der Waals surface area contributed by atoms with Crippen LogP contribution in [0.5, 0.6) is 5.88 Å². The molecule has 1 aromatic heterocycles. The maximum Gasteiger partial charge on any atom is 0.338 e. The fourth-order valence-corrected chi connectivity index (χ4v) is 2.80. The zero-order valence-corrected chi connectivity index (χ0v) is 13.5. The Balaban J connectivity index is 1.86. The van der Waals surface area contributed by atoms with Crippen molar-refractivity contribution in [3.05, 3.63) is 63.5 Å². The molecule has 0 atom stereocenters. The fraction of sp³-hybridized carbons (Fsp3) is 0.0625. The highest BCUT2D eigenvalue weighted by molar-refractivity contribution is 14.1. The van der Waals surface area contributed by atoms with Gasteiger partial charge in [0.25, 0.3) is 0 Å². The molecule has 110 valence electrons. The predicted octanol–water partition coefficient (Wildman–Crippen LogP) is 3.30. The first-order chi connectivity index (χ1) is 10.6. The number of ether oxygens (including phenoxy) is 1. The van der Waals surface area contributed by atoms with Crippen molar-refractivity contribution in [2.45, 2.75) is 6.61 Å². The Kier molecular flexibility index (Phi) is 4.19. The van der Waals surface area contributed by atoms with Gasteiger partial charge in [-0.05, 0) is 40.3 Å². The van der Waals surface area contributed by atoms with E-state index in [1.807, 2.05) is 30.3 Å². The van der Waals surface area contributed by atoms with Gasteiger partial charge in [0.15, 0.2) is 0 Å². The van der Waals surface area contributed by atoms with Crippen LogP contribution < -0.4 is 0 Å². The molecule has 0 saturated carbocycles. The summed E-state index contributed by atoms with van der Waals surface area (Å²) in [5.74, 6) is -0.604. The van der Waals surface area contributed by atoms with Crippen LogP contribution in [0.3, 0.4) is 0 Å². The van der Waals surface area contributed by atoms with Gasteiger partial charge in [0.2, 0.25) is 5.88 Å². The molecule has 1 heterocycles. The molecule has 0 aliphatic heterocycles. The van der Waals surface area contributed by atoms with Crippen molar-refractivity contribution in [2.75, 3.05) is 0 Å². The van der Waals surface area contributed by atoms with Crippen LogP contribution in [-0.4, -0.2) is 21.0 Å². The number of esters is 1. The second-order valence-electron chi connectivity index (χ2n) is 4.61. The third-order valence-electron chi connectivity index (χ3n) is 3.12. The summed E-state index contributed by atoms with van der Waals surface area (Å²) in [5, 5.41) is 10.2. The molecule has 5 nitrogen and oxygen atoms in total. The average molecular weight is 406 g/mol. The van der Waals surface area contributed by atoms with Crippen molar-refractivity contribution in [3.63, 3.8) is 0 Å². The Labute approximate surface area is 140 Å². The van der Waals surface area contributed by atoms with Crippen LogP contribution in [0.1, 0.15) is 15.9 Å². The second kappa shape index (κ2) is 6.27. The van der Waals surface area contributed by atoms with E-state index < -0.39 is 5.97 Å². The zero-order chi connectivity index (χ0) is 15.5. The lowest BCUT2D eigenvalue weighted by molar-refractivity contribution is 0.0473. The van der Waals surface area contributed by atoms with Crippen molar-refractivity contribution in [1.29, 1.82) is 0 Å². The molecule has 0 fully saturated rings. The summed E-state index contributed by atoms with van der Waals surface area (Å²) in [6.07, 6.45) is 1.28. The average Bonchev–Trinajstić information content (AvgIpc) is 2.54. The SMILES string of the molecule is O=C(OCc1ccccc1)c1cc(I)c2ncnc(O)c2c1. The quantitative estimate of drug-likeness (QED) is 0.534. The summed E-state index contributed by atoms with van der Waals surface area (Å²) < 4.78 is 6.04. The molecule has 2 aromatic carbocycles. The zero-order valence-electron chi connectivity index (χ0n) is 11.4. The van der Waals surface area contributed by atoms with Crippen LogP contribution in [0, 0.1) is 3.57 Å². The maximum atomic E-state index is 12.2. The molecule has 0 unspecified atom stereocenters. The van der Waals surface area contributed by atoms with Crippen molar-refractivity contribution in [2.24, 2.45) is 0 Å². The molecule has 0 aliphatic carbocycles. The van der Waals surface area contributed by atoms with Gasteiger partial charge in [0.05, 0.1) is 16.5 Å². The highest BCUT2D eigenvalue weighted by atomic mass is 127. The van der Waals surface area contributed by atoms with E-state index in [0.717, 1.165) is 9.13 Å². The van der Waals surface area contributed by atoms with Gasteiger partial charge in [-0.2, -0.15) is 0 Å². The Morgan fingerprint density at radius 2 is 1.95 bits per heavy atom. The molecule has 0 aliphatic rings. The lowest BCUT2D eigenvalue weighted by Gasteiger charge is -2.07. The number of aromatic nitrogens is 2. The minimum Gasteiger partial charge on any atom is -0.493 e. The molecule has 1 N–H and O–H groups in total. The lowest BCUT2D eigenvalue weighted by atomic mass is 10.1. The standard InChI is InChI=1S/C16H11IN2O3/c17-13-7-11(6-12-14(13)18-9-19-15(12)20)16(21)22-8-10-4-2-1-3-5-10/h1-7,9H,8H2,(H,18,19,20). The number of benzene rings is 2. The van der Waals surface area contributed by atoms with Crippen molar-refractivity contribution in [1.82, 2.24) is 9.97 Å². The van der Waals surface area contributed by atoms with Crippen molar-refractivity contribution in [3.8, 4) is 5.88 Å². The molecule has 0 radical (unpaired) electrons. The van der Waals surface area contributed by atoms with Gasteiger partial charge in [-0.1, -0.05) is 30.3 Å². The van der Waals surface area contributed by atoms with E-state index in [9.17, 15) is 9.90 Å². The van der Waals surface area contributed by atoms with Gasteiger partial charge in [-0.25, -0.2) is 14.8 Å². The highest BCUT2D eigenvalue weighted by Gasteiger charge is 2.14. The Morgan fingerprint density at radius 3 is 2.73 bits per heavy atom. The number of halogens is 1. The Morgan fingerprint density at radius 1 is 1.18 bits per heavy atom. The molecule has 0 bridgehead atoms. The van der Waals surface area contributed by atoms with E-state index in [1.54, 1.807) is 12.1 Å². The van der Waals surface area contributed by atoms with E-state index in [0.29, 0.717) is 16.5 Å². The van der Waals surface area contributed by atoms with E-state index in [2.05, 4.69) is 32.6 Å². The fourth-order valence-electron chi connectivity index (χ4n) is 2.04. The number of carbonyl (C=O) groups is 1. The Hall–Kier alpha value is -2.22. The second-order valence-corrected chi connectivity index (χ2v) is 5.78. The third-order valence-corrected chi connectivity index (χ3v) is 3.94. The van der Waals surface area contributed by atoms with Gasteiger partial charge < -0.3 is 9.84 Å². The summed E-state index contributed by atoms with van der Waals surface area (Å²) in [7, 11) is 0. The monoisotopic (exact) mass is 406 g/mol. The first-order valence-electron chi connectivity index (χ1n) is 6.49. The maximum absolute atomic E-state index is 12.2. The third kappa shape index (κ3) is 3.01. The molecule has 0 amide bonds. The summed E-state index contributed by atoms with van der Waals surface area (Å²) in [4.78, 5) is 20.0. The van der Waals surface area contributed by atoms with Crippen molar-refractivity contribution >= 4 is 39.5 Å². The molecule has 22 heavy (non-hydrogen) atoms. The molecule has 3 rings (SSSR count). The van der Waals surface area contributed by atoms with Crippen LogP contribution in [-0.2, 0) is 11.3 Å². The van der Waals surface area contributed by atoms with E-state index in [1.165, 1.54) is 6.33 Å². The Bertz CT molecular complexity index is 837. The number of hydrogen-bond donors (Lipinski definition) is 1. The first kappa shape index (κ1) is 14.7. The van der Waals surface area contributed by atoms with Gasteiger partial charge in [-0.15, -0.1) is 0 Å². The molecule has 3 aromatic rings. The first-order valence-corrected chi connectivity index (χ1v) is 7.57. The molecule has 6 heteroatoms. The van der Waals surface area contributed by atoms with E-state index >= 15 is 0 Å². The summed E-state index contributed by atoms with van der Waals surface area (Å²) in [6.45, 7) is 0.200. The predicted molar refractivity (Wildman–Crippen MR) is 89.5 cm³/mol. The number of nitrogens with zero attached hydrogens (tertiary/aromatic N) is 2. The lowest BCUT2D eigenvalue weighted by Crippen LogP contribution is -2.06. The van der Waals surface area contributed by atoms with Crippen LogP contribution in [0.15, 0.2) is 48.8 Å². The van der Waals surface area contributed by atoms with E-state index in [-0.39, 0.29) is 12.5 Å². The largest absolute Gasteiger partial charge is 0.493 e. The molecular formula is C16H11IN2O3.